The topological polar surface area (TPSA) is 122 Å². The highest BCUT2D eigenvalue weighted by atomic mass is 16.5. The number of rotatable bonds is 5. The van der Waals surface area contributed by atoms with Crippen molar-refractivity contribution in [1.29, 1.82) is 5.26 Å². The average Bonchev–Trinajstić information content (AvgIpc) is 3.30. The molecular weight excluding hydrogens is 442 g/mol. The second kappa shape index (κ2) is 9.27. The third-order valence-electron chi connectivity index (χ3n) is 6.10. The predicted molar refractivity (Wildman–Crippen MR) is 131 cm³/mol. The van der Waals surface area contributed by atoms with Gasteiger partial charge in [-0.05, 0) is 55.3 Å². The van der Waals surface area contributed by atoms with Crippen LogP contribution in [0.1, 0.15) is 30.0 Å². The molecule has 1 amide bonds. The number of hydrogen-bond donors (Lipinski definition) is 1. The molecule has 1 saturated heterocycles. The van der Waals surface area contributed by atoms with Crippen LogP contribution in [0.25, 0.3) is 16.9 Å². The molecule has 35 heavy (non-hydrogen) atoms. The molecule has 0 bridgehead atoms. The van der Waals surface area contributed by atoms with Gasteiger partial charge < -0.3 is 15.4 Å². The van der Waals surface area contributed by atoms with Crippen molar-refractivity contribution in [2.45, 2.75) is 18.8 Å². The minimum absolute atomic E-state index is 0.0648. The van der Waals surface area contributed by atoms with Crippen LogP contribution in [0.5, 0.6) is 11.6 Å². The van der Waals surface area contributed by atoms with Crippen LogP contribution < -0.4 is 10.5 Å². The van der Waals surface area contributed by atoms with Gasteiger partial charge in [0.15, 0.2) is 0 Å². The van der Waals surface area contributed by atoms with Gasteiger partial charge in [-0.2, -0.15) is 5.26 Å². The number of carbonyl (C=O) groups is 1. The minimum atomic E-state index is -0.0648. The molecule has 0 spiro atoms. The number of hydrogen-bond acceptors (Lipinski definition) is 7. The maximum absolute atomic E-state index is 12.2. The van der Waals surface area contributed by atoms with Crippen molar-refractivity contribution in [3.05, 3.63) is 78.8 Å². The van der Waals surface area contributed by atoms with Crippen LogP contribution in [-0.4, -0.2) is 43.2 Å². The maximum Gasteiger partial charge on any atom is 0.245 e. The molecular formula is C26H23N7O2. The van der Waals surface area contributed by atoms with Gasteiger partial charge in [0.1, 0.15) is 11.6 Å². The number of pyridine rings is 1. The fourth-order valence-corrected chi connectivity index (χ4v) is 4.44. The summed E-state index contributed by atoms with van der Waals surface area (Å²) >= 11 is 0. The highest BCUT2D eigenvalue weighted by molar-refractivity contribution is 5.87. The van der Waals surface area contributed by atoms with Crippen LogP contribution in [0.15, 0.2) is 67.5 Å². The summed E-state index contributed by atoms with van der Waals surface area (Å²) in [7, 11) is 0. The van der Waals surface area contributed by atoms with E-state index < -0.39 is 0 Å². The van der Waals surface area contributed by atoms with Gasteiger partial charge in [-0.1, -0.05) is 6.58 Å². The normalized spacial score (nSPS) is 15.5. The molecule has 0 aliphatic carbocycles. The second-order valence-electron chi connectivity index (χ2n) is 8.29. The van der Waals surface area contributed by atoms with Crippen LogP contribution in [-0.2, 0) is 4.79 Å². The SMILES string of the molecule is C=CC(=O)N1CCCC(c2nc(-c3ccc(Oc4cc(C#N)ccn4)cc3)n3c(N)nccc23)C1. The van der Waals surface area contributed by atoms with E-state index in [9.17, 15) is 4.79 Å². The number of imidazole rings is 1. The molecule has 3 aromatic heterocycles. The molecule has 4 aromatic rings. The van der Waals surface area contributed by atoms with Crippen molar-refractivity contribution < 1.29 is 9.53 Å². The van der Waals surface area contributed by atoms with Gasteiger partial charge in [0, 0.05) is 43.0 Å². The van der Waals surface area contributed by atoms with E-state index in [-0.39, 0.29) is 11.8 Å². The smallest absolute Gasteiger partial charge is 0.245 e. The first-order valence-electron chi connectivity index (χ1n) is 11.3. The van der Waals surface area contributed by atoms with E-state index in [2.05, 4.69) is 22.6 Å². The van der Waals surface area contributed by atoms with Crippen LogP contribution in [0.3, 0.4) is 0 Å². The van der Waals surface area contributed by atoms with Gasteiger partial charge in [-0.15, -0.1) is 0 Å². The summed E-state index contributed by atoms with van der Waals surface area (Å²) in [5, 5.41) is 9.07. The second-order valence-corrected chi connectivity index (χ2v) is 8.29. The van der Waals surface area contributed by atoms with E-state index in [1.807, 2.05) is 39.6 Å². The first kappa shape index (κ1) is 22.1. The lowest BCUT2D eigenvalue weighted by Crippen LogP contribution is -2.38. The molecule has 1 aliphatic rings. The number of nitrogens with zero attached hydrogens (tertiary/aromatic N) is 6. The molecule has 4 heterocycles. The number of nitriles is 1. The molecule has 9 nitrogen and oxygen atoms in total. The molecule has 5 rings (SSSR count). The molecule has 2 N–H and O–H groups in total. The first-order chi connectivity index (χ1) is 17.1. The largest absolute Gasteiger partial charge is 0.439 e. The van der Waals surface area contributed by atoms with Crippen molar-refractivity contribution in [2.24, 2.45) is 0 Å². The standard InChI is InChI=1S/C26H23N7O2/c1-2-23(34)32-13-3-4-19(16-32)24-21-10-12-30-26(28)33(21)25(31-24)18-5-7-20(8-6-18)35-22-14-17(15-27)9-11-29-22/h2,5-12,14,19H,1,3-4,13,16H2,(H2,28,30). The number of fused-ring (bicyclic) bond motifs is 1. The summed E-state index contributed by atoms with van der Waals surface area (Å²) in [5.74, 6) is 1.95. The minimum Gasteiger partial charge on any atom is -0.439 e. The number of likely N-dealkylation sites (tertiary alicyclic amines) is 1. The number of amides is 1. The lowest BCUT2D eigenvalue weighted by Gasteiger charge is -2.31. The van der Waals surface area contributed by atoms with E-state index in [0.29, 0.717) is 35.5 Å². The van der Waals surface area contributed by atoms with Gasteiger partial charge >= 0.3 is 0 Å². The van der Waals surface area contributed by atoms with Crippen LogP contribution in [0.2, 0.25) is 0 Å². The highest BCUT2D eigenvalue weighted by Crippen LogP contribution is 2.34. The number of aromatic nitrogens is 4. The van der Waals surface area contributed by atoms with E-state index in [4.69, 9.17) is 20.7 Å². The molecule has 1 fully saturated rings. The lowest BCUT2D eigenvalue weighted by atomic mass is 9.94. The number of anilines is 1. The molecule has 9 heteroatoms. The van der Waals surface area contributed by atoms with Crippen molar-refractivity contribution in [2.75, 3.05) is 18.8 Å². The quantitative estimate of drug-likeness (QED) is 0.443. The third-order valence-corrected chi connectivity index (χ3v) is 6.10. The number of nitrogen functional groups attached to an aromatic ring is 1. The Kier molecular flexibility index (Phi) is 5.85. The van der Waals surface area contributed by atoms with E-state index in [1.165, 1.54) is 12.3 Å². The molecule has 1 atom stereocenters. The van der Waals surface area contributed by atoms with E-state index in [0.717, 1.165) is 36.2 Å². The number of ether oxygens (including phenoxy) is 1. The zero-order valence-electron chi connectivity index (χ0n) is 19.0. The summed E-state index contributed by atoms with van der Waals surface area (Å²) in [4.78, 5) is 27.4. The fourth-order valence-electron chi connectivity index (χ4n) is 4.44. The van der Waals surface area contributed by atoms with E-state index in [1.54, 1.807) is 18.3 Å². The Balaban J connectivity index is 1.48. The van der Waals surface area contributed by atoms with Gasteiger partial charge in [0.05, 0.1) is 22.8 Å². The molecule has 1 unspecified atom stereocenters. The molecule has 174 valence electrons. The Bertz CT molecular complexity index is 1450. The highest BCUT2D eigenvalue weighted by Gasteiger charge is 2.28. The molecule has 1 aromatic carbocycles. The Morgan fingerprint density at radius 3 is 2.77 bits per heavy atom. The monoisotopic (exact) mass is 465 g/mol. The average molecular weight is 466 g/mol. The Morgan fingerprint density at radius 1 is 1.20 bits per heavy atom. The first-order valence-corrected chi connectivity index (χ1v) is 11.3. The van der Waals surface area contributed by atoms with Crippen LogP contribution in [0, 0.1) is 11.3 Å². The summed E-state index contributed by atoms with van der Waals surface area (Å²) in [6, 6.07) is 14.6. The van der Waals surface area contributed by atoms with Crippen molar-refractivity contribution in [1.82, 2.24) is 24.3 Å². The van der Waals surface area contributed by atoms with Gasteiger partial charge in [-0.25, -0.2) is 15.0 Å². The summed E-state index contributed by atoms with van der Waals surface area (Å²) in [6.07, 6.45) is 6.39. The van der Waals surface area contributed by atoms with Crippen molar-refractivity contribution in [3.63, 3.8) is 0 Å². The van der Waals surface area contributed by atoms with Crippen molar-refractivity contribution in [3.8, 4) is 29.1 Å². The zero-order chi connectivity index (χ0) is 24.4. The summed E-state index contributed by atoms with van der Waals surface area (Å²) in [6.45, 7) is 4.92. The fraction of sp³-hybridized carbons (Fsp3) is 0.192. The molecule has 1 aliphatic heterocycles. The lowest BCUT2D eigenvalue weighted by molar-refractivity contribution is -0.127. The summed E-state index contributed by atoms with van der Waals surface area (Å²) < 4.78 is 7.64. The zero-order valence-corrected chi connectivity index (χ0v) is 19.0. The van der Waals surface area contributed by atoms with Crippen LogP contribution in [0.4, 0.5) is 5.95 Å². The molecule has 0 saturated carbocycles. The Labute approximate surface area is 202 Å². The summed E-state index contributed by atoms with van der Waals surface area (Å²) in [5.41, 5.74) is 9.36. The Hall–Kier alpha value is -4.71. The number of nitrogens with two attached hydrogens (primary N) is 1. The van der Waals surface area contributed by atoms with Crippen LogP contribution >= 0.6 is 0 Å². The Morgan fingerprint density at radius 2 is 2.00 bits per heavy atom. The third kappa shape index (κ3) is 4.29. The molecule has 0 radical (unpaired) electrons. The number of piperidine rings is 1. The van der Waals surface area contributed by atoms with Crippen molar-refractivity contribution >= 4 is 17.4 Å². The van der Waals surface area contributed by atoms with E-state index >= 15 is 0 Å². The maximum atomic E-state index is 12.2. The predicted octanol–water partition coefficient (Wildman–Crippen LogP) is 3.93. The number of benzene rings is 1. The van der Waals surface area contributed by atoms with Gasteiger partial charge in [-0.3, -0.25) is 9.20 Å². The van der Waals surface area contributed by atoms with Gasteiger partial charge in [0.25, 0.3) is 0 Å². The van der Waals surface area contributed by atoms with Gasteiger partial charge in [0.2, 0.25) is 17.7 Å². The number of carbonyl (C=O) groups excluding carboxylic acids is 1.